The predicted octanol–water partition coefficient (Wildman–Crippen LogP) is 2.26. The summed E-state index contributed by atoms with van der Waals surface area (Å²) in [7, 11) is 0. The van der Waals surface area contributed by atoms with E-state index in [1.807, 2.05) is 24.7 Å². The summed E-state index contributed by atoms with van der Waals surface area (Å²) in [6, 6.07) is 6.21. The van der Waals surface area contributed by atoms with Crippen LogP contribution >= 0.6 is 11.3 Å². The van der Waals surface area contributed by atoms with E-state index in [-0.39, 0.29) is 0 Å². The highest BCUT2D eigenvalue weighted by atomic mass is 32.1. The molecular formula is C14H9N4S+. The highest BCUT2D eigenvalue weighted by Crippen LogP contribution is 2.33. The van der Waals surface area contributed by atoms with Gasteiger partial charge in [-0.2, -0.15) is 4.40 Å². The van der Waals surface area contributed by atoms with Crippen molar-refractivity contribution in [2.24, 2.45) is 0 Å². The maximum atomic E-state index is 4.47. The summed E-state index contributed by atoms with van der Waals surface area (Å²) in [5, 5.41) is 0. The molecule has 0 atom stereocenters. The molecule has 0 aliphatic carbocycles. The monoisotopic (exact) mass is 265 g/mol. The predicted molar refractivity (Wildman–Crippen MR) is 73.1 cm³/mol. The Balaban J connectivity index is 1.93. The minimum Gasteiger partial charge on any atom is -0.260 e. The fourth-order valence-corrected chi connectivity index (χ4v) is 3.91. The molecule has 0 unspecified atom stereocenters. The quantitative estimate of drug-likeness (QED) is 0.403. The molecule has 1 aliphatic rings. The smallest absolute Gasteiger partial charge is 0.260 e. The van der Waals surface area contributed by atoms with Crippen molar-refractivity contribution in [2.45, 2.75) is 6.54 Å². The van der Waals surface area contributed by atoms with Crippen LogP contribution in [0.5, 0.6) is 0 Å². The molecular weight excluding hydrogens is 256 g/mol. The van der Waals surface area contributed by atoms with Crippen LogP contribution in [0.3, 0.4) is 0 Å². The summed E-state index contributed by atoms with van der Waals surface area (Å²) in [4.78, 5) is 9.94. The number of nitrogens with zero attached hydrogens (tertiary/aromatic N) is 4. The number of imidazole rings is 1. The highest BCUT2D eigenvalue weighted by molar-refractivity contribution is 7.23. The maximum absolute atomic E-state index is 4.47. The zero-order valence-corrected chi connectivity index (χ0v) is 10.8. The Labute approximate surface area is 112 Å². The first-order valence-electron chi connectivity index (χ1n) is 6.13. The molecule has 5 heterocycles. The van der Waals surface area contributed by atoms with Gasteiger partial charge in [-0.1, -0.05) is 0 Å². The second-order valence-electron chi connectivity index (χ2n) is 4.70. The minimum absolute atomic E-state index is 0.863. The molecule has 19 heavy (non-hydrogen) atoms. The number of fused-ring (bicyclic) bond motifs is 7. The molecule has 0 bridgehead atoms. The lowest BCUT2D eigenvalue weighted by molar-refractivity contribution is -0.476. The Morgan fingerprint density at radius 3 is 3.26 bits per heavy atom. The van der Waals surface area contributed by atoms with Crippen molar-refractivity contribution in [1.82, 2.24) is 14.5 Å². The number of pyridine rings is 2. The number of hydrogen-bond donors (Lipinski definition) is 0. The maximum Gasteiger partial charge on any atom is 0.347 e. The molecule has 1 aliphatic heterocycles. The number of rotatable bonds is 0. The third-order valence-electron chi connectivity index (χ3n) is 3.68. The molecule has 4 nitrogen and oxygen atoms in total. The van der Waals surface area contributed by atoms with Crippen LogP contribution in [-0.2, 0) is 6.54 Å². The Bertz CT molecular complexity index is 951. The standard InChI is InChI=1S/C14H9N4S/c1-2-9-10(16-4-1)7-17-12(9)8-18-11-6-15-5-3-13(11)19-14(17)18/h1-6,8H,7H2/q+1. The molecule has 0 radical (unpaired) electrons. The summed E-state index contributed by atoms with van der Waals surface area (Å²) >= 11 is 1.80. The van der Waals surface area contributed by atoms with E-state index < -0.39 is 0 Å². The normalized spacial score (nSPS) is 13.1. The third kappa shape index (κ3) is 1.11. The Morgan fingerprint density at radius 1 is 1.26 bits per heavy atom. The van der Waals surface area contributed by atoms with Gasteiger partial charge in [0.05, 0.1) is 22.2 Å². The van der Waals surface area contributed by atoms with Gasteiger partial charge < -0.3 is 0 Å². The SMILES string of the molecule is c1cnc2c(c1)-c1c[n+]3c4cnccc4sc3n1C2. The van der Waals surface area contributed by atoms with Gasteiger partial charge in [0.15, 0.2) is 11.2 Å². The van der Waals surface area contributed by atoms with E-state index in [9.17, 15) is 0 Å². The van der Waals surface area contributed by atoms with Crippen molar-refractivity contribution in [3.8, 4) is 11.3 Å². The van der Waals surface area contributed by atoms with Crippen molar-refractivity contribution in [2.75, 3.05) is 0 Å². The summed E-state index contributed by atoms with van der Waals surface area (Å²) in [5.41, 5.74) is 4.83. The van der Waals surface area contributed by atoms with Gasteiger partial charge in [-0.05, 0) is 29.5 Å². The first kappa shape index (κ1) is 9.63. The Hall–Kier alpha value is -2.27. The van der Waals surface area contributed by atoms with Crippen molar-refractivity contribution >= 4 is 26.5 Å². The van der Waals surface area contributed by atoms with Crippen molar-refractivity contribution < 1.29 is 4.40 Å². The van der Waals surface area contributed by atoms with E-state index in [1.54, 1.807) is 11.3 Å². The van der Waals surface area contributed by atoms with Crippen LogP contribution in [0.25, 0.3) is 26.4 Å². The molecule has 0 N–H and O–H groups in total. The second kappa shape index (κ2) is 3.19. The molecule has 0 saturated heterocycles. The van der Waals surface area contributed by atoms with Gasteiger partial charge in [0.2, 0.25) is 0 Å². The molecule has 5 rings (SSSR count). The molecule has 0 saturated carbocycles. The molecule has 4 aromatic rings. The Morgan fingerprint density at radius 2 is 2.26 bits per heavy atom. The van der Waals surface area contributed by atoms with Crippen molar-refractivity contribution in [3.63, 3.8) is 0 Å². The van der Waals surface area contributed by atoms with Gasteiger partial charge in [-0.15, -0.1) is 0 Å². The zero-order valence-electron chi connectivity index (χ0n) is 9.95. The van der Waals surface area contributed by atoms with E-state index in [2.05, 4.69) is 37.3 Å². The fourth-order valence-electron chi connectivity index (χ4n) is 2.81. The molecule has 0 spiro atoms. The first-order chi connectivity index (χ1) is 9.42. The van der Waals surface area contributed by atoms with E-state index in [4.69, 9.17) is 0 Å². The van der Waals surface area contributed by atoms with Gasteiger partial charge in [0.1, 0.15) is 12.7 Å². The van der Waals surface area contributed by atoms with Gasteiger partial charge in [-0.3, -0.25) is 9.97 Å². The molecule has 90 valence electrons. The van der Waals surface area contributed by atoms with Crippen LogP contribution in [0.2, 0.25) is 0 Å². The van der Waals surface area contributed by atoms with Crippen LogP contribution < -0.4 is 4.40 Å². The Kier molecular flexibility index (Phi) is 1.62. The lowest BCUT2D eigenvalue weighted by Crippen LogP contribution is -2.16. The van der Waals surface area contributed by atoms with Crippen LogP contribution in [0.1, 0.15) is 5.69 Å². The zero-order chi connectivity index (χ0) is 12.4. The van der Waals surface area contributed by atoms with Crippen LogP contribution in [0, 0.1) is 0 Å². The van der Waals surface area contributed by atoms with Crippen LogP contribution in [0.4, 0.5) is 0 Å². The first-order valence-corrected chi connectivity index (χ1v) is 6.95. The molecule has 0 aromatic carbocycles. The lowest BCUT2D eigenvalue weighted by atomic mass is 10.2. The summed E-state index contributed by atoms with van der Waals surface area (Å²) < 4.78 is 5.84. The van der Waals surface area contributed by atoms with Gasteiger partial charge in [0, 0.05) is 12.4 Å². The molecule has 5 heteroatoms. The largest absolute Gasteiger partial charge is 0.347 e. The second-order valence-corrected chi connectivity index (χ2v) is 5.71. The third-order valence-corrected chi connectivity index (χ3v) is 4.84. The molecule has 4 aromatic heterocycles. The molecule has 0 fully saturated rings. The topological polar surface area (TPSA) is 34.8 Å². The fraction of sp³-hybridized carbons (Fsp3) is 0.0714. The van der Waals surface area contributed by atoms with Crippen molar-refractivity contribution in [3.05, 3.63) is 48.7 Å². The number of thiazole rings is 1. The average molecular weight is 265 g/mol. The van der Waals surface area contributed by atoms with Crippen LogP contribution in [0.15, 0.2) is 43.0 Å². The van der Waals surface area contributed by atoms with E-state index in [1.165, 1.54) is 26.4 Å². The van der Waals surface area contributed by atoms with E-state index in [0.29, 0.717) is 0 Å². The van der Waals surface area contributed by atoms with E-state index >= 15 is 0 Å². The van der Waals surface area contributed by atoms with Gasteiger partial charge >= 0.3 is 4.96 Å². The lowest BCUT2D eigenvalue weighted by Gasteiger charge is -1.91. The van der Waals surface area contributed by atoms with Crippen molar-refractivity contribution in [1.29, 1.82) is 0 Å². The van der Waals surface area contributed by atoms with Crippen LogP contribution in [-0.4, -0.2) is 14.5 Å². The minimum atomic E-state index is 0.863. The number of aromatic nitrogens is 4. The highest BCUT2D eigenvalue weighted by Gasteiger charge is 2.31. The average Bonchev–Trinajstić information content (AvgIpc) is 3.07. The molecule has 0 amide bonds. The summed E-state index contributed by atoms with van der Waals surface area (Å²) in [5.74, 6) is 0. The van der Waals surface area contributed by atoms with E-state index in [0.717, 1.165) is 12.2 Å². The van der Waals surface area contributed by atoms with Gasteiger partial charge in [0.25, 0.3) is 0 Å². The number of hydrogen-bond acceptors (Lipinski definition) is 3. The van der Waals surface area contributed by atoms with Gasteiger partial charge in [-0.25, -0.2) is 4.57 Å². The summed E-state index contributed by atoms with van der Waals surface area (Å²) in [6.07, 6.45) is 7.84. The summed E-state index contributed by atoms with van der Waals surface area (Å²) in [6.45, 7) is 0.863.